The molecule has 0 unspecified atom stereocenters. The number of benzene rings is 3. The predicted molar refractivity (Wildman–Crippen MR) is 113 cm³/mol. The van der Waals surface area contributed by atoms with Gasteiger partial charge in [0.25, 0.3) is 5.91 Å². The summed E-state index contributed by atoms with van der Waals surface area (Å²) in [5, 5.41) is 2.79. The molecule has 0 aliphatic rings. The van der Waals surface area contributed by atoms with Crippen molar-refractivity contribution in [3.63, 3.8) is 0 Å². The molecule has 1 N–H and O–H groups in total. The van der Waals surface area contributed by atoms with Crippen molar-refractivity contribution in [3.05, 3.63) is 107 Å². The SMILES string of the molecule is O=C(COC(=O)Cc1ccccc1F)NCCC(c1ccccc1)c1ccccc1. The van der Waals surface area contributed by atoms with E-state index in [1.165, 1.54) is 23.3 Å². The summed E-state index contributed by atoms with van der Waals surface area (Å²) in [6.45, 7) is 0.0623. The van der Waals surface area contributed by atoms with Gasteiger partial charge in [-0.1, -0.05) is 78.9 Å². The minimum Gasteiger partial charge on any atom is -0.455 e. The Bertz CT molecular complexity index is 921. The second-order valence-electron chi connectivity index (χ2n) is 6.94. The quantitative estimate of drug-likeness (QED) is 0.542. The second-order valence-corrected chi connectivity index (χ2v) is 6.94. The fraction of sp³-hybridized carbons (Fsp3) is 0.200. The lowest BCUT2D eigenvalue weighted by atomic mass is 9.88. The highest BCUT2D eigenvalue weighted by Crippen LogP contribution is 2.27. The normalized spacial score (nSPS) is 10.6. The van der Waals surface area contributed by atoms with Crippen LogP contribution in [0.25, 0.3) is 0 Å². The number of ether oxygens (including phenoxy) is 1. The molecule has 1 amide bonds. The maximum Gasteiger partial charge on any atom is 0.310 e. The average molecular weight is 405 g/mol. The van der Waals surface area contributed by atoms with Crippen molar-refractivity contribution >= 4 is 11.9 Å². The lowest BCUT2D eigenvalue weighted by Gasteiger charge is -2.18. The van der Waals surface area contributed by atoms with Crippen molar-refractivity contribution in [1.29, 1.82) is 0 Å². The Morgan fingerprint density at radius 2 is 1.40 bits per heavy atom. The first-order chi connectivity index (χ1) is 14.6. The van der Waals surface area contributed by atoms with Crippen LogP contribution in [0.4, 0.5) is 4.39 Å². The van der Waals surface area contributed by atoms with E-state index in [4.69, 9.17) is 4.74 Å². The first-order valence-corrected chi connectivity index (χ1v) is 9.89. The summed E-state index contributed by atoms with van der Waals surface area (Å²) < 4.78 is 18.6. The maximum absolute atomic E-state index is 13.6. The molecule has 4 nitrogen and oxygen atoms in total. The number of esters is 1. The summed E-state index contributed by atoms with van der Waals surface area (Å²) in [5.41, 5.74) is 2.60. The molecule has 3 aromatic carbocycles. The van der Waals surface area contributed by atoms with Gasteiger partial charge in [-0.05, 0) is 29.2 Å². The van der Waals surface area contributed by atoms with Crippen molar-refractivity contribution in [3.8, 4) is 0 Å². The molecule has 30 heavy (non-hydrogen) atoms. The summed E-state index contributed by atoms with van der Waals surface area (Å²) in [7, 11) is 0. The van der Waals surface area contributed by atoms with Crippen molar-refractivity contribution in [2.45, 2.75) is 18.8 Å². The van der Waals surface area contributed by atoms with Crippen LogP contribution in [0.15, 0.2) is 84.9 Å². The van der Waals surface area contributed by atoms with Crippen LogP contribution in [0.2, 0.25) is 0 Å². The van der Waals surface area contributed by atoms with Gasteiger partial charge in [0.1, 0.15) is 5.82 Å². The predicted octanol–water partition coefficient (Wildman–Crippen LogP) is 4.25. The Labute approximate surface area is 175 Å². The van der Waals surface area contributed by atoms with Gasteiger partial charge in [0, 0.05) is 12.5 Å². The van der Waals surface area contributed by atoms with E-state index in [9.17, 15) is 14.0 Å². The molecule has 154 valence electrons. The lowest BCUT2D eigenvalue weighted by molar-refractivity contribution is -0.147. The summed E-state index contributed by atoms with van der Waals surface area (Å²) in [4.78, 5) is 23.9. The fourth-order valence-electron chi connectivity index (χ4n) is 3.30. The molecule has 3 rings (SSSR count). The highest BCUT2D eigenvalue weighted by Gasteiger charge is 2.15. The monoisotopic (exact) mass is 405 g/mol. The number of carbonyl (C=O) groups is 2. The Balaban J connectivity index is 1.47. The van der Waals surface area contributed by atoms with Gasteiger partial charge < -0.3 is 10.1 Å². The number of hydrogen-bond acceptors (Lipinski definition) is 3. The van der Waals surface area contributed by atoms with Crippen LogP contribution in [0, 0.1) is 5.82 Å². The fourth-order valence-corrected chi connectivity index (χ4v) is 3.30. The van der Waals surface area contributed by atoms with E-state index in [2.05, 4.69) is 29.6 Å². The third-order valence-electron chi connectivity index (χ3n) is 4.82. The van der Waals surface area contributed by atoms with Crippen LogP contribution in [0.5, 0.6) is 0 Å². The second kappa shape index (κ2) is 10.9. The van der Waals surface area contributed by atoms with Gasteiger partial charge in [-0.25, -0.2) is 4.39 Å². The van der Waals surface area contributed by atoms with E-state index in [1.807, 2.05) is 36.4 Å². The van der Waals surface area contributed by atoms with Gasteiger partial charge in [-0.3, -0.25) is 9.59 Å². The van der Waals surface area contributed by atoms with Crippen molar-refractivity contribution in [2.75, 3.05) is 13.2 Å². The standard InChI is InChI=1S/C25H24FNO3/c26-23-14-8-7-13-21(23)17-25(29)30-18-24(28)27-16-15-22(19-9-3-1-4-10-19)20-11-5-2-6-12-20/h1-14,22H,15-18H2,(H,27,28). The molecule has 3 aromatic rings. The van der Waals surface area contributed by atoms with E-state index in [-0.39, 0.29) is 30.4 Å². The molecule has 0 heterocycles. The molecule has 0 saturated heterocycles. The molecule has 0 bridgehead atoms. The van der Waals surface area contributed by atoms with E-state index < -0.39 is 11.8 Å². The van der Waals surface area contributed by atoms with Crippen LogP contribution in [0.1, 0.15) is 29.0 Å². The minimum absolute atomic E-state index is 0.149. The highest BCUT2D eigenvalue weighted by atomic mass is 19.1. The van der Waals surface area contributed by atoms with Crippen molar-refractivity contribution in [2.24, 2.45) is 0 Å². The van der Waals surface area contributed by atoms with Crippen LogP contribution in [-0.2, 0) is 20.7 Å². The molecule has 0 saturated carbocycles. The van der Waals surface area contributed by atoms with Crippen LogP contribution in [-0.4, -0.2) is 25.0 Å². The third kappa shape index (κ3) is 6.27. The topological polar surface area (TPSA) is 55.4 Å². The first-order valence-electron chi connectivity index (χ1n) is 9.89. The average Bonchev–Trinajstić information content (AvgIpc) is 2.78. The number of carbonyl (C=O) groups excluding carboxylic acids is 2. The summed E-state index contributed by atoms with van der Waals surface area (Å²) in [6.07, 6.45) is 0.507. The smallest absolute Gasteiger partial charge is 0.310 e. The Kier molecular flexibility index (Phi) is 7.72. The molecule has 0 atom stereocenters. The molecule has 0 aliphatic heterocycles. The molecule has 0 fully saturated rings. The summed E-state index contributed by atoms with van der Waals surface area (Å²) in [6, 6.07) is 26.2. The van der Waals surface area contributed by atoms with Gasteiger partial charge in [0.05, 0.1) is 6.42 Å². The Hall–Kier alpha value is -3.47. The molecule has 0 aromatic heterocycles. The van der Waals surface area contributed by atoms with Gasteiger partial charge in [-0.15, -0.1) is 0 Å². The first kappa shape index (κ1) is 21.2. The van der Waals surface area contributed by atoms with Crippen molar-refractivity contribution < 1.29 is 18.7 Å². The highest BCUT2D eigenvalue weighted by molar-refractivity contribution is 5.81. The van der Waals surface area contributed by atoms with E-state index in [1.54, 1.807) is 12.1 Å². The number of halogens is 1. The molecule has 0 radical (unpaired) electrons. The number of nitrogens with one attached hydrogen (secondary N) is 1. The number of amides is 1. The largest absolute Gasteiger partial charge is 0.455 e. The maximum atomic E-state index is 13.6. The Morgan fingerprint density at radius 1 is 0.833 bits per heavy atom. The van der Waals surface area contributed by atoms with Crippen LogP contribution < -0.4 is 5.32 Å². The number of rotatable bonds is 9. The molecular formula is C25H24FNO3. The van der Waals surface area contributed by atoms with Crippen molar-refractivity contribution in [1.82, 2.24) is 5.32 Å². The van der Waals surface area contributed by atoms with Gasteiger partial charge in [-0.2, -0.15) is 0 Å². The van der Waals surface area contributed by atoms with Gasteiger partial charge >= 0.3 is 5.97 Å². The summed E-state index contributed by atoms with van der Waals surface area (Å²) in [5.74, 6) is -1.33. The number of hydrogen-bond donors (Lipinski definition) is 1. The van der Waals surface area contributed by atoms with E-state index in [0.29, 0.717) is 13.0 Å². The van der Waals surface area contributed by atoms with E-state index in [0.717, 1.165) is 0 Å². The molecule has 0 spiro atoms. The minimum atomic E-state index is -0.637. The van der Waals surface area contributed by atoms with Crippen LogP contribution >= 0.6 is 0 Å². The van der Waals surface area contributed by atoms with Gasteiger partial charge in [0.2, 0.25) is 0 Å². The van der Waals surface area contributed by atoms with Gasteiger partial charge in [0.15, 0.2) is 6.61 Å². The zero-order chi connectivity index (χ0) is 21.2. The summed E-state index contributed by atoms with van der Waals surface area (Å²) >= 11 is 0. The zero-order valence-corrected chi connectivity index (χ0v) is 16.6. The van der Waals surface area contributed by atoms with E-state index >= 15 is 0 Å². The molecule has 5 heteroatoms. The lowest BCUT2D eigenvalue weighted by Crippen LogP contribution is -2.30. The third-order valence-corrected chi connectivity index (χ3v) is 4.82. The molecular weight excluding hydrogens is 381 g/mol. The van der Waals surface area contributed by atoms with Crippen LogP contribution in [0.3, 0.4) is 0 Å². The Morgan fingerprint density at radius 3 is 2.00 bits per heavy atom. The molecule has 0 aliphatic carbocycles. The zero-order valence-electron chi connectivity index (χ0n) is 16.6.